The highest BCUT2D eigenvalue weighted by Crippen LogP contribution is 2.43. The summed E-state index contributed by atoms with van der Waals surface area (Å²) in [6, 6.07) is 8.42. The van der Waals surface area contributed by atoms with Crippen LogP contribution in [0, 0.1) is 5.92 Å². The number of carbonyl (C=O) groups is 1. The Labute approximate surface area is 195 Å². The van der Waals surface area contributed by atoms with Gasteiger partial charge in [0.25, 0.3) is 0 Å². The van der Waals surface area contributed by atoms with Crippen molar-refractivity contribution in [3.63, 3.8) is 0 Å². The van der Waals surface area contributed by atoms with Crippen LogP contribution in [-0.2, 0) is 11.2 Å². The number of hydrogen-bond acceptors (Lipinski definition) is 7. The minimum atomic E-state index is 0.00683. The van der Waals surface area contributed by atoms with Gasteiger partial charge in [0.05, 0.1) is 17.4 Å². The fourth-order valence-electron chi connectivity index (χ4n) is 5.49. The summed E-state index contributed by atoms with van der Waals surface area (Å²) in [5.74, 6) is 1.55. The van der Waals surface area contributed by atoms with E-state index in [9.17, 15) is 9.90 Å². The SMILES string of the molecule is O=CCCN1CCN(c2ccc(Nc3ncc4c(n3)C(C3CCCC3)C(O)=CC4)cc2)CC1. The summed E-state index contributed by atoms with van der Waals surface area (Å²) in [6.07, 6.45) is 10.9. The predicted octanol–water partition coefficient (Wildman–Crippen LogP) is 4.20. The molecule has 0 radical (unpaired) electrons. The number of rotatable bonds is 7. The van der Waals surface area contributed by atoms with E-state index in [0.29, 0.717) is 30.5 Å². The lowest BCUT2D eigenvalue weighted by Crippen LogP contribution is -2.46. The molecule has 1 saturated heterocycles. The molecule has 33 heavy (non-hydrogen) atoms. The Balaban J connectivity index is 1.25. The van der Waals surface area contributed by atoms with Crippen LogP contribution in [0.5, 0.6) is 0 Å². The predicted molar refractivity (Wildman–Crippen MR) is 130 cm³/mol. The number of aldehydes is 1. The van der Waals surface area contributed by atoms with Gasteiger partial charge >= 0.3 is 0 Å². The number of allylic oxidation sites excluding steroid dienone is 2. The van der Waals surface area contributed by atoms with Crippen molar-refractivity contribution in [2.75, 3.05) is 42.9 Å². The summed E-state index contributed by atoms with van der Waals surface area (Å²) < 4.78 is 0. The molecule has 2 aliphatic carbocycles. The maximum absolute atomic E-state index is 10.6. The second-order valence-electron chi connectivity index (χ2n) is 9.42. The molecule has 1 aromatic heterocycles. The molecular weight excluding hydrogens is 414 g/mol. The second kappa shape index (κ2) is 9.91. The highest BCUT2D eigenvalue weighted by atomic mass is 16.3. The highest BCUT2D eigenvalue weighted by molar-refractivity contribution is 5.60. The zero-order valence-corrected chi connectivity index (χ0v) is 19.1. The van der Waals surface area contributed by atoms with E-state index in [-0.39, 0.29) is 5.92 Å². The molecule has 2 fully saturated rings. The normalized spacial score (nSPS) is 21.5. The Kier molecular flexibility index (Phi) is 6.58. The van der Waals surface area contributed by atoms with Crippen molar-refractivity contribution in [1.82, 2.24) is 14.9 Å². The Morgan fingerprint density at radius 2 is 1.85 bits per heavy atom. The fourth-order valence-corrected chi connectivity index (χ4v) is 5.49. The highest BCUT2D eigenvalue weighted by Gasteiger charge is 2.34. The van der Waals surface area contributed by atoms with Crippen LogP contribution < -0.4 is 10.2 Å². The van der Waals surface area contributed by atoms with Gasteiger partial charge in [-0.1, -0.05) is 12.8 Å². The third-order valence-corrected chi connectivity index (χ3v) is 7.34. The fraction of sp³-hybridized carbons (Fsp3) is 0.500. The molecule has 2 aromatic rings. The first-order chi connectivity index (χ1) is 16.2. The zero-order chi connectivity index (χ0) is 22.6. The average molecular weight is 448 g/mol. The van der Waals surface area contributed by atoms with Crippen molar-refractivity contribution >= 4 is 23.6 Å². The lowest BCUT2D eigenvalue weighted by molar-refractivity contribution is -0.108. The van der Waals surface area contributed by atoms with Crippen LogP contribution in [0.3, 0.4) is 0 Å². The van der Waals surface area contributed by atoms with E-state index < -0.39 is 0 Å². The molecule has 1 aromatic carbocycles. The van der Waals surface area contributed by atoms with E-state index in [1.807, 2.05) is 12.3 Å². The third-order valence-electron chi connectivity index (χ3n) is 7.34. The first kappa shape index (κ1) is 21.9. The molecule has 7 nitrogen and oxygen atoms in total. The molecule has 0 spiro atoms. The third kappa shape index (κ3) is 4.88. The van der Waals surface area contributed by atoms with Crippen LogP contribution >= 0.6 is 0 Å². The molecule has 1 unspecified atom stereocenters. The molecule has 5 rings (SSSR count). The smallest absolute Gasteiger partial charge is 0.227 e. The summed E-state index contributed by atoms with van der Waals surface area (Å²) in [4.78, 5) is 24.7. The van der Waals surface area contributed by atoms with Crippen molar-refractivity contribution in [3.8, 4) is 0 Å². The lowest BCUT2D eigenvalue weighted by Gasteiger charge is -2.35. The van der Waals surface area contributed by atoms with Crippen LogP contribution in [0.15, 0.2) is 42.3 Å². The number of benzene rings is 1. The molecule has 7 heteroatoms. The molecule has 3 aliphatic rings. The van der Waals surface area contributed by atoms with E-state index in [2.05, 4.69) is 44.4 Å². The Bertz CT molecular complexity index is 992. The lowest BCUT2D eigenvalue weighted by atomic mass is 9.81. The van der Waals surface area contributed by atoms with Gasteiger partial charge in [-0.05, 0) is 61.1 Å². The molecule has 0 bridgehead atoms. The first-order valence-corrected chi connectivity index (χ1v) is 12.2. The topological polar surface area (TPSA) is 81.6 Å². The molecule has 174 valence electrons. The minimum Gasteiger partial charge on any atom is -0.512 e. The van der Waals surface area contributed by atoms with Crippen molar-refractivity contribution in [3.05, 3.63) is 53.6 Å². The quantitative estimate of drug-likeness (QED) is 0.616. The van der Waals surface area contributed by atoms with Gasteiger partial charge in [0.1, 0.15) is 6.29 Å². The molecule has 2 heterocycles. The molecule has 1 atom stereocenters. The van der Waals surface area contributed by atoms with Gasteiger partial charge in [-0.25, -0.2) is 9.97 Å². The van der Waals surface area contributed by atoms with Gasteiger partial charge in [-0.3, -0.25) is 4.90 Å². The number of aliphatic hydroxyl groups excluding tert-OH is 1. The number of anilines is 3. The summed E-state index contributed by atoms with van der Waals surface area (Å²) >= 11 is 0. The molecular formula is C26H33N5O2. The molecule has 2 N–H and O–H groups in total. The van der Waals surface area contributed by atoms with Crippen molar-refractivity contribution < 1.29 is 9.90 Å². The van der Waals surface area contributed by atoms with Gasteiger partial charge in [0.2, 0.25) is 5.95 Å². The van der Waals surface area contributed by atoms with E-state index in [4.69, 9.17) is 4.98 Å². The van der Waals surface area contributed by atoms with Crippen LogP contribution in [-0.4, -0.2) is 59.0 Å². The van der Waals surface area contributed by atoms with Crippen molar-refractivity contribution in [2.24, 2.45) is 5.92 Å². The number of aromatic nitrogens is 2. The van der Waals surface area contributed by atoms with E-state index in [1.165, 1.54) is 18.5 Å². The van der Waals surface area contributed by atoms with E-state index in [0.717, 1.165) is 68.8 Å². The van der Waals surface area contributed by atoms with Crippen LogP contribution in [0.4, 0.5) is 17.3 Å². The molecule has 1 aliphatic heterocycles. The van der Waals surface area contributed by atoms with Crippen LogP contribution in [0.1, 0.15) is 49.3 Å². The largest absolute Gasteiger partial charge is 0.512 e. The Morgan fingerprint density at radius 1 is 1.09 bits per heavy atom. The van der Waals surface area contributed by atoms with Gasteiger partial charge in [-0.2, -0.15) is 0 Å². The first-order valence-electron chi connectivity index (χ1n) is 12.2. The number of aliphatic hydroxyl groups is 1. The van der Waals surface area contributed by atoms with Crippen LogP contribution in [0.2, 0.25) is 0 Å². The van der Waals surface area contributed by atoms with E-state index in [1.54, 1.807) is 0 Å². The van der Waals surface area contributed by atoms with Gasteiger partial charge < -0.3 is 20.1 Å². The van der Waals surface area contributed by atoms with Gasteiger partial charge in [0.15, 0.2) is 0 Å². The second-order valence-corrected chi connectivity index (χ2v) is 9.42. The van der Waals surface area contributed by atoms with Crippen molar-refractivity contribution in [2.45, 2.75) is 44.4 Å². The monoisotopic (exact) mass is 447 g/mol. The van der Waals surface area contributed by atoms with Crippen molar-refractivity contribution in [1.29, 1.82) is 0 Å². The van der Waals surface area contributed by atoms with Gasteiger partial charge in [-0.15, -0.1) is 0 Å². The summed E-state index contributed by atoms with van der Waals surface area (Å²) in [5.41, 5.74) is 4.27. The van der Waals surface area contributed by atoms with Gasteiger partial charge in [0, 0.05) is 56.7 Å². The molecule has 1 saturated carbocycles. The Morgan fingerprint density at radius 3 is 2.58 bits per heavy atom. The maximum atomic E-state index is 10.6. The summed E-state index contributed by atoms with van der Waals surface area (Å²) in [6.45, 7) is 4.77. The summed E-state index contributed by atoms with van der Waals surface area (Å²) in [7, 11) is 0. The van der Waals surface area contributed by atoms with Crippen LogP contribution in [0.25, 0.3) is 0 Å². The van der Waals surface area contributed by atoms with E-state index >= 15 is 0 Å². The summed E-state index contributed by atoms with van der Waals surface area (Å²) in [5, 5.41) is 14.0. The Hall–Kier alpha value is -2.93. The number of fused-ring (bicyclic) bond motifs is 1. The number of nitrogens with zero attached hydrogens (tertiary/aromatic N) is 4. The average Bonchev–Trinajstić information content (AvgIpc) is 3.38. The minimum absolute atomic E-state index is 0.00683. The number of carbonyl (C=O) groups excluding carboxylic acids is 1. The number of hydrogen-bond donors (Lipinski definition) is 2. The number of piperazine rings is 1. The molecule has 0 amide bonds. The zero-order valence-electron chi connectivity index (χ0n) is 19.1. The maximum Gasteiger partial charge on any atom is 0.227 e. The standard InChI is InChI=1S/C26H33N5O2/c32-17-3-12-30-13-15-31(16-14-30)22-9-7-21(8-10-22)28-26-27-18-20-6-11-23(33)24(25(20)29-26)19-4-1-2-5-19/h7-11,17-19,24,33H,1-6,12-16H2,(H,27,28,29). The number of nitrogens with one attached hydrogen (secondary N) is 1.